The Morgan fingerprint density at radius 3 is 1.72 bits per heavy atom. The first-order chi connectivity index (χ1) is 12.3. The zero-order valence-electron chi connectivity index (χ0n) is 14.7. The second kappa shape index (κ2) is 6.56. The SMILES string of the molecule is CN1C(c2ccccc2)=[N+](C)[C@H](c2ccccc2)[C@H]1c1ccccc1. The van der Waals surface area contributed by atoms with Crippen LogP contribution in [0.2, 0.25) is 0 Å². The van der Waals surface area contributed by atoms with E-state index in [4.69, 9.17) is 0 Å². The van der Waals surface area contributed by atoms with E-state index in [0.717, 1.165) is 0 Å². The van der Waals surface area contributed by atoms with Crippen molar-refractivity contribution in [3.05, 3.63) is 108 Å². The quantitative estimate of drug-likeness (QED) is 0.642. The van der Waals surface area contributed by atoms with E-state index in [0.29, 0.717) is 0 Å². The number of rotatable bonds is 3. The first-order valence-corrected chi connectivity index (χ1v) is 8.75. The minimum absolute atomic E-state index is 0.281. The van der Waals surface area contributed by atoms with E-state index in [2.05, 4.69) is 115 Å². The van der Waals surface area contributed by atoms with Gasteiger partial charge in [-0.1, -0.05) is 78.9 Å². The second-order valence-electron chi connectivity index (χ2n) is 6.62. The summed E-state index contributed by atoms with van der Waals surface area (Å²) in [7, 11) is 4.42. The van der Waals surface area contributed by atoms with Crippen LogP contribution in [0.25, 0.3) is 0 Å². The standard InChI is InChI=1S/C23H23N2/c1-24-21(18-12-6-3-7-13-18)22(19-14-8-4-9-15-19)25(2)23(24)20-16-10-5-11-17-20/h3-17,21-22H,1-2H3/q+1/t21-,22-/m1/s1. The van der Waals surface area contributed by atoms with Crippen LogP contribution in [0.5, 0.6) is 0 Å². The maximum Gasteiger partial charge on any atom is 0.280 e. The summed E-state index contributed by atoms with van der Waals surface area (Å²) in [6.45, 7) is 0. The molecule has 124 valence electrons. The molecule has 0 saturated heterocycles. The van der Waals surface area contributed by atoms with Crippen LogP contribution >= 0.6 is 0 Å². The first-order valence-electron chi connectivity index (χ1n) is 8.75. The molecular formula is C23H23N2+. The highest BCUT2D eigenvalue weighted by atomic mass is 15.3. The van der Waals surface area contributed by atoms with Crippen molar-refractivity contribution < 1.29 is 4.58 Å². The molecule has 25 heavy (non-hydrogen) atoms. The Morgan fingerprint density at radius 1 is 0.680 bits per heavy atom. The molecule has 2 nitrogen and oxygen atoms in total. The predicted molar refractivity (Wildman–Crippen MR) is 103 cm³/mol. The van der Waals surface area contributed by atoms with Gasteiger partial charge in [-0.3, -0.25) is 9.48 Å². The highest BCUT2D eigenvalue weighted by molar-refractivity contribution is 5.96. The van der Waals surface area contributed by atoms with Gasteiger partial charge < -0.3 is 0 Å². The van der Waals surface area contributed by atoms with Crippen LogP contribution in [0.4, 0.5) is 0 Å². The molecule has 2 atom stereocenters. The van der Waals surface area contributed by atoms with Crippen LogP contribution in [0.1, 0.15) is 28.8 Å². The van der Waals surface area contributed by atoms with Crippen molar-refractivity contribution in [1.82, 2.24) is 4.90 Å². The molecule has 1 aliphatic heterocycles. The summed E-state index contributed by atoms with van der Waals surface area (Å²) in [6.07, 6.45) is 0. The van der Waals surface area contributed by atoms with Gasteiger partial charge in [-0.15, -0.1) is 0 Å². The highest BCUT2D eigenvalue weighted by Crippen LogP contribution is 2.41. The number of hydrogen-bond acceptors (Lipinski definition) is 1. The molecule has 2 heteroatoms. The molecule has 1 heterocycles. The molecule has 0 spiro atoms. The number of nitrogens with zero attached hydrogens (tertiary/aromatic N) is 2. The summed E-state index contributed by atoms with van der Waals surface area (Å²) in [4.78, 5) is 2.42. The van der Waals surface area contributed by atoms with Gasteiger partial charge in [0.15, 0.2) is 12.1 Å². The van der Waals surface area contributed by atoms with Crippen molar-refractivity contribution in [1.29, 1.82) is 0 Å². The van der Waals surface area contributed by atoms with E-state index in [1.54, 1.807) is 0 Å². The van der Waals surface area contributed by atoms with Gasteiger partial charge in [0.05, 0.1) is 19.7 Å². The van der Waals surface area contributed by atoms with Gasteiger partial charge in [0.1, 0.15) is 0 Å². The fourth-order valence-electron chi connectivity index (χ4n) is 4.04. The third kappa shape index (κ3) is 2.74. The minimum Gasteiger partial charge on any atom is -0.253 e. The Morgan fingerprint density at radius 2 is 1.16 bits per heavy atom. The van der Waals surface area contributed by atoms with Crippen molar-refractivity contribution in [3.8, 4) is 0 Å². The summed E-state index contributed by atoms with van der Waals surface area (Å²) in [5, 5.41) is 0. The van der Waals surface area contributed by atoms with Gasteiger partial charge in [-0.05, 0) is 12.1 Å². The average Bonchev–Trinajstić information content (AvgIpc) is 2.94. The normalized spacial score (nSPS) is 20.2. The van der Waals surface area contributed by atoms with E-state index < -0.39 is 0 Å². The largest absolute Gasteiger partial charge is 0.280 e. The molecule has 0 bridgehead atoms. The van der Waals surface area contributed by atoms with Crippen LogP contribution in [-0.2, 0) is 0 Å². The second-order valence-corrected chi connectivity index (χ2v) is 6.62. The lowest BCUT2D eigenvalue weighted by atomic mass is 9.93. The molecule has 0 aliphatic carbocycles. The van der Waals surface area contributed by atoms with Crippen LogP contribution < -0.4 is 0 Å². The predicted octanol–water partition coefficient (Wildman–Crippen LogP) is 4.50. The summed E-state index contributed by atoms with van der Waals surface area (Å²) in [6, 6.07) is 32.9. The molecular weight excluding hydrogens is 304 g/mol. The van der Waals surface area contributed by atoms with E-state index in [1.807, 2.05) is 0 Å². The van der Waals surface area contributed by atoms with E-state index >= 15 is 0 Å². The third-order valence-electron chi connectivity index (χ3n) is 5.12. The molecule has 4 rings (SSSR count). The number of amidine groups is 1. The lowest BCUT2D eigenvalue weighted by molar-refractivity contribution is -0.538. The van der Waals surface area contributed by atoms with Gasteiger partial charge >= 0.3 is 0 Å². The van der Waals surface area contributed by atoms with Crippen molar-refractivity contribution in [2.24, 2.45) is 0 Å². The van der Waals surface area contributed by atoms with E-state index in [9.17, 15) is 0 Å². The fourth-order valence-corrected chi connectivity index (χ4v) is 4.04. The Hall–Kier alpha value is -2.87. The lowest BCUT2D eigenvalue weighted by Gasteiger charge is -2.21. The number of benzene rings is 3. The molecule has 0 amide bonds. The summed E-state index contributed by atoms with van der Waals surface area (Å²) < 4.78 is 2.42. The van der Waals surface area contributed by atoms with Crippen molar-refractivity contribution in [2.75, 3.05) is 14.1 Å². The Bertz CT molecular complexity index is 870. The van der Waals surface area contributed by atoms with Crippen LogP contribution in [0.15, 0.2) is 91.0 Å². The summed E-state index contributed by atoms with van der Waals surface area (Å²) in [5.41, 5.74) is 3.94. The average molecular weight is 327 g/mol. The smallest absolute Gasteiger partial charge is 0.253 e. The molecule has 3 aromatic carbocycles. The summed E-state index contributed by atoms with van der Waals surface area (Å²) in [5.74, 6) is 1.27. The highest BCUT2D eigenvalue weighted by Gasteiger charge is 2.46. The monoisotopic (exact) mass is 327 g/mol. The summed E-state index contributed by atoms with van der Waals surface area (Å²) >= 11 is 0. The van der Waals surface area contributed by atoms with Gasteiger partial charge in [0.25, 0.3) is 5.84 Å². The van der Waals surface area contributed by atoms with Gasteiger partial charge in [0, 0.05) is 11.1 Å². The van der Waals surface area contributed by atoms with Crippen molar-refractivity contribution in [3.63, 3.8) is 0 Å². The van der Waals surface area contributed by atoms with E-state index in [-0.39, 0.29) is 12.1 Å². The maximum atomic E-state index is 2.42. The molecule has 0 saturated carbocycles. The van der Waals surface area contributed by atoms with Crippen LogP contribution in [0.3, 0.4) is 0 Å². The zero-order chi connectivity index (χ0) is 17.2. The van der Waals surface area contributed by atoms with Crippen molar-refractivity contribution >= 4 is 5.84 Å². The van der Waals surface area contributed by atoms with Crippen molar-refractivity contribution in [2.45, 2.75) is 12.1 Å². The molecule has 0 radical (unpaired) electrons. The molecule has 0 fully saturated rings. The Kier molecular flexibility index (Phi) is 4.10. The maximum absolute atomic E-state index is 2.42. The van der Waals surface area contributed by atoms with Gasteiger partial charge in [-0.2, -0.15) is 0 Å². The van der Waals surface area contributed by atoms with Gasteiger partial charge in [-0.25, -0.2) is 0 Å². The molecule has 0 unspecified atom stereocenters. The Balaban J connectivity index is 1.88. The fraction of sp³-hybridized carbons (Fsp3) is 0.174. The molecule has 0 aromatic heterocycles. The molecule has 1 aliphatic rings. The lowest BCUT2D eigenvalue weighted by Crippen LogP contribution is -2.28. The van der Waals surface area contributed by atoms with Crippen LogP contribution in [-0.4, -0.2) is 29.4 Å². The zero-order valence-corrected chi connectivity index (χ0v) is 14.7. The molecule has 3 aromatic rings. The van der Waals surface area contributed by atoms with Crippen LogP contribution in [0, 0.1) is 0 Å². The van der Waals surface area contributed by atoms with E-state index in [1.165, 1.54) is 22.5 Å². The number of likely N-dealkylation sites (N-methyl/N-ethyl adjacent to an activating group) is 2. The topological polar surface area (TPSA) is 6.25 Å². The Labute approximate surface area is 149 Å². The number of hydrogen-bond donors (Lipinski definition) is 0. The minimum atomic E-state index is 0.281. The first kappa shape index (κ1) is 15.6. The third-order valence-corrected chi connectivity index (χ3v) is 5.12. The molecule has 0 N–H and O–H groups in total. The van der Waals surface area contributed by atoms with Gasteiger partial charge in [0.2, 0.25) is 0 Å².